The molecule has 0 saturated carbocycles. The number of ether oxygens (including phenoxy) is 1. The quantitative estimate of drug-likeness (QED) is 0.422. The molecule has 3 aromatic rings. The zero-order valence-electron chi connectivity index (χ0n) is 21.2. The smallest absolute Gasteiger partial charge is 0.243 e. The molecule has 0 aromatic heterocycles. The predicted molar refractivity (Wildman–Crippen MR) is 140 cm³/mol. The van der Waals surface area contributed by atoms with Crippen LogP contribution < -0.4 is 10.1 Å². The molecule has 0 aliphatic carbocycles. The lowest BCUT2D eigenvalue weighted by atomic mass is 10.0. The van der Waals surface area contributed by atoms with Crippen molar-refractivity contribution in [2.24, 2.45) is 0 Å². The summed E-state index contributed by atoms with van der Waals surface area (Å²) in [5.74, 6) is 0.532. The van der Waals surface area contributed by atoms with Crippen LogP contribution in [0.4, 0.5) is 0 Å². The van der Waals surface area contributed by atoms with E-state index in [9.17, 15) is 9.59 Å². The van der Waals surface area contributed by atoms with Gasteiger partial charge in [0, 0.05) is 25.4 Å². The Morgan fingerprint density at radius 3 is 2.23 bits per heavy atom. The maximum Gasteiger partial charge on any atom is 0.243 e. The van der Waals surface area contributed by atoms with Gasteiger partial charge in [-0.25, -0.2) is 0 Å². The Bertz CT molecular complexity index is 1090. The Morgan fingerprint density at radius 1 is 0.886 bits per heavy atom. The summed E-state index contributed by atoms with van der Waals surface area (Å²) in [5, 5.41) is 3.03. The second-order valence-electron chi connectivity index (χ2n) is 9.23. The topological polar surface area (TPSA) is 58.6 Å². The predicted octanol–water partition coefficient (Wildman–Crippen LogP) is 5.10. The van der Waals surface area contributed by atoms with E-state index in [0.717, 1.165) is 22.4 Å². The van der Waals surface area contributed by atoms with E-state index in [0.29, 0.717) is 25.8 Å². The molecule has 0 fully saturated rings. The third-order valence-corrected chi connectivity index (χ3v) is 5.94. The van der Waals surface area contributed by atoms with Crippen molar-refractivity contribution in [3.8, 4) is 5.75 Å². The van der Waals surface area contributed by atoms with Crippen LogP contribution in [0.5, 0.6) is 5.75 Å². The Kier molecular flexibility index (Phi) is 9.47. The van der Waals surface area contributed by atoms with Gasteiger partial charge in [0.05, 0.1) is 7.11 Å². The van der Waals surface area contributed by atoms with E-state index in [1.54, 1.807) is 12.0 Å². The van der Waals surface area contributed by atoms with E-state index < -0.39 is 6.04 Å². The molecule has 1 N–H and O–H groups in total. The summed E-state index contributed by atoms with van der Waals surface area (Å²) >= 11 is 0. The number of nitrogens with zero attached hydrogens (tertiary/aromatic N) is 1. The van der Waals surface area contributed by atoms with Gasteiger partial charge in [-0.1, -0.05) is 72.3 Å². The lowest BCUT2D eigenvalue weighted by Gasteiger charge is -2.32. The lowest BCUT2D eigenvalue weighted by Crippen LogP contribution is -2.51. The molecule has 3 rings (SSSR count). The molecule has 184 valence electrons. The zero-order chi connectivity index (χ0) is 25.2. The van der Waals surface area contributed by atoms with Crippen LogP contribution in [0, 0.1) is 6.92 Å². The number of methoxy groups -OCH3 is 1. The average Bonchev–Trinajstić information content (AvgIpc) is 2.86. The normalized spacial score (nSPS) is 11.7. The van der Waals surface area contributed by atoms with Crippen LogP contribution in [0.15, 0.2) is 78.9 Å². The van der Waals surface area contributed by atoms with Crippen LogP contribution >= 0.6 is 0 Å². The summed E-state index contributed by atoms with van der Waals surface area (Å²) in [6.45, 7) is 6.24. The summed E-state index contributed by atoms with van der Waals surface area (Å²) in [6, 6.07) is 25.1. The second-order valence-corrected chi connectivity index (χ2v) is 9.23. The first-order chi connectivity index (χ1) is 16.9. The first-order valence-corrected chi connectivity index (χ1v) is 12.2. The standard InChI is InChI=1S/C30H36N2O3/c1-22(2)31-30(34)28(20-25-9-6-5-7-10-25)32(21-26-11-8-12-27(19-26)35-4)29(33)18-17-24-15-13-23(3)14-16-24/h5-16,19,22,28H,17-18,20-21H2,1-4H3,(H,31,34)/t28-/m0/s1. The molecule has 0 saturated heterocycles. The fourth-order valence-corrected chi connectivity index (χ4v) is 4.05. The van der Waals surface area contributed by atoms with Crippen LogP contribution in [0.1, 0.15) is 42.5 Å². The molecular formula is C30H36N2O3. The summed E-state index contributed by atoms with van der Waals surface area (Å²) < 4.78 is 5.39. The van der Waals surface area contributed by atoms with E-state index >= 15 is 0 Å². The first-order valence-electron chi connectivity index (χ1n) is 12.2. The van der Waals surface area contributed by atoms with Crippen LogP contribution in [-0.4, -0.2) is 35.9 Å². The molecular weight excluding hydrogens is 436 g/mol. The van der Waals surface area contributed by atoms with Crippen molar-refractivity contribution in [2.45, 2.75) is 58.7 Å². The van der Waals surface area contributed by atoms with Crippen LogP contribution in [0.3, 0.4) is 0 Å². The molecule has 3 aromatic carbocycles. The number of carbonyl (C=O) groups excluding carboxylic acids is 2. The number of benzene rings is 3. The van der Waals surface area contributed by atoms with Crippen molar-refractivity contribution in [3.63, 3.8) is 0 Å². The molecule has 0 heterocycles. The maximum absolute atomic E-state index is 13.7. The van der Waals surface area contributed by atoms with Crippen LogP contribution in [0.2, 0.25) is 0 Å². The second kappa shape index (κ2) is 12.7. The fourth-order valence-electron chi connectivity index (χ4n) is 4.05. The Labute approximate surface area is 209 Å². The van der Waals surface area contributed by atoms with Gasteiger partial charge in [-0.3, -0.25) is 9.59 Å². The van der Waals surface area contributed by atoms with E-state index in [2.05, 4.69) is 29.6 Å². The number of carbonyl (C=O) groups is 2. The number of amides is 2. The van der Waals surface area contributed by atoms with Crippen LogP contribution in [0.25, 0.3) is 0 Å². The highest BCUT2D eigenvalue weighted by molar-refractivity contribution is 5.88. The van der Waals surface area contributed by atoms with Crippen LogP contribution in [-0.2, 0) is 29.0 Å². The molecule has 0 spiro atoms. The molecule has 0 bridgehead atoms. The van der Waals surface area contributed by atoms with Gasteiger partial charge in [-0.2, -0.15) is 0 Å². The van der Waals surface area contributed by atoms with Crippen molar-refractivity contribution < 1.29 is 14.3 Å². The summed E-state index contributed by atoms with van der Waals surface area (Å²) in [4.78, 5) is 28.8. The Hall–Kier alpha value is -3.60. The molecule has 0 unspecified atom stereocenters. The van der Waals surface area contributed by atoms with Crippen molar-refractivity contribution >= 4 is 11.8 Å². The highest BCUT2D eigenvalue weighted by Gasteiger charge is 2.30. The third-order valence-electron chi connectivity index (χ3n) is 5.94. The minimum Gasteiger partial charge on any atom is -0.497 e. The molecule has 0 radical (unpaired) electrons. The number of nitrogens with one attached hydrogen (secondary N) is 1. The highest BCUT2D eigenvalue weighted by atomic mass is 16.5. The SMILES string of the molecule is COc1cccc(CN(C(=O)CCc2ccc(C)cc2)[C@@H](Cc2ccccc2)C(=O)NC(C)C)c1. The first kappa shape index (κ1) is 26.0. The van der Waals surface area contributed by atoms with Gasteiger partial charge < -0.3 is 15.0 Å². The Balaban J connectivity index is 1.91. The van der Waals surface area contributed by atoms with Crippen molar-refractivity contribution in [2.75, 3.05) is 7.11 Å². The van der Waals surface area contributed by atoms with Gasteiger partial charge in [0.2, 0.25) is 11.8 Å². The van der Waals surface area contributed by atoms with E-state index in [4.69, 9.17) is 4.74 Å². The number of aryl methyl sites for hydroxylation is 2. The minimum absolute atomic E-state index is 0.0258. The summed E-state index contributed by atoms with van der Waals surface area (Å²) in [5.41, 5.74) is 4.23. The van der Waals surface area contributed by atoms with Gasteiger partial charge in [-0.05, 0) is 56.0 Å². The number of hydrogen-bond donors (Lipinski definition) is 1. The lowest BCUT2D eigenvalue weighted by molar-refractivity contribution is -0.141. The largest absolute Gasteiger partial charge is 0.497 e. The van der Waals surface area contributed by atoms with Crippen molar-refractivity contribution in [1.29, 1.82) is 0 Å². The van der Waals surface area contributed by atoms with Gasteiger partial charge >= 0.3 is 0 Å². The number of hydrogen-bond acceptors (Lipinski definition) is 3. The monoisotopic (exact) mass is 472 g/mol. The molecule has 5 nitrogen and oxygen atoms in total. The van der Waals surface area contributed by atoms with Crippen molar-refractivity contribution in [3.05, 3.63) is 101 Å². The van der Waals surface area contributed by atoms with Gasteiger partial charge in [0.25, 0.3) is 0 Å². The molecule has 0 aliphatic heterocycles. The van der Waals surface area contributed by atoms with Crippen molar-refractivity contribution in [1.82, 2.24) is 10.2 Å². The minimum atomic E-state index is -0.628. The third kappa shape index (κ3) is 7.99. The van der Waals surface area contributed by atoms with Gasteiger partial charge in [0.1, 0.15) is 11.8 Å². The van der Waals surface area contributed by atoms with Gasteiger partial charge in [0.15, 0.2) is 0 Å². The number of rotatable bonds is 11. The summed E-state index contributed by atoms with van der Waals surface area (Å²) in [6.07, 6.45) is 1.39. The zero-order valence-corrected chi connectivity index (χ0v) is 21.2. The Morgan fingerprint density at radius 2 is 1.57 bits per heavy atom. The maximum atomic E-state index is 13.7. The average molecular weight is 473 g/mol. The molecule has 2 amide bonds. The van der Waals surface area contributed by atoms with E-state index in [-0.39, 0.29) is 17.9 Å². The molecule has 35 heavy (non-hydrogen) atoms. The summed E-state index contributed by atoms with van der Waals surface area (Å²) in [7, 11) is 1.62. The van der Waals surface area contributed by atoms with E-state index in [1.165, 1.54) is 5.56 Å². The highest BCUT2D eigenvalue weighted by Crippen LogP contribution is 2.20. The van der Waals surface area contributed by atoms with Gasteiger partial charge in [-0.15, -0.1) is 0 Å². The van der Waals surface area contributed by atoms with E-state index in [1.807, 2.05) is 75.4 Å². The fraction of sp³-hybridized carbons (Fsp3) is 0.333. The molecule has 0 aliphatic rings. The molecule has 1 atom stereocenters. The molecule has 5 heteroatoms.